The second-order valence-corrected chi connectivity index (χ2v) is 11.7. The van der Waals surface area contributed by atoms with Crippen LogP contribution in [0.1, 0.15) is 137 Å². The molecule has 2 rings (SSSR count). The highest BCUT2D eigenvalue weighted by Crippen LogP contribution is 2.39. The molecule has 1 N–H and O–H groups in total. The average molecular weight is 610 g/mol. The summed E-state index contributed by atoms with van der Waals surface area (Å²) < 4.78 is 11.7. The molecule has 0 radical (unpaired) electrons. The summed E-state index contributed by atoms with van der Waals surface area (Å²) in [6.45, 7) is 7.00. The topological polar surface area (TPSA) is 67.9 Å². The first-order valence-corrected chi connectivity index (χ1v) is 16.3. The van der Waals surface area contributed by atoms with Crippen molar-refractivity contribution in [2.75, 3.05) is 33.9 Å². The molecular weight excluding hydrogens is 556 g/mol. The van der Waals surface area contributed by atoms with Gasteiger partial charge in [0, 0.05) is 29.0 Å². The van der Waals surface area contributed by atoms with Gasteiger partial charge in [-0.05, 0) is 54.3 Å². The van der Waals surface area contributed by atoms with Gasteiger partial charge in [-0.2, -0.15) is 0 Å². The first-order chi connectivity index (χ1) is 19.0. The van der Waals surface area contributed by atoms with Crippen LogP contribution in [0.2, 0.25) is 0 Å². The number of methoxy groups -OCH3 is 2. The zero-order valence-electron chi connectivity index (χ0n) is 25.0. The molecule has 1 amide bonds. The number of hydrogen-bond acceptors (Lipinski definition) is 5. The summed E-state index contributed by atoms with van der Waals surface area (Å²) in [5.74, 6) is 0.420. The van der Waals surface area contributed by atoms with Gasteiger partial charge in [-0.3, -0.25) is 14.5 Å². The lowest BCUT2D eigenvalue weighted by molar-refractivity contribution is 0.0917. The molecule has 0 unspecified atom stereocenters. The van der Waals surface area contributed by atoms with Gasteiger partial charge < -0.3 is 14.8 Å². The lowest BCUT2D eigenvalue weighted by atomic mass is 9.97. The molecule has 1 aliphatic heterocycles. The fourth-order valence-corrected chi connectivity index (χ4v) is 6.35. The monoisotopic (exact) mass is 608 g/mol. The molecule has 0 saturated carbocycles. The van der Waals surface area contributed by atoms with Crippen molar-refractivity contribution in [3.63, 3.8) is 0 Å². The second-order valence-electron chi connectivity index (χ2n) is 10.9. The van der Waals surface area contributed by atoms with Gasteiger partial charge in [0.05, 0.1) is 19.8 Å². The molecule has 1 atom stereocenters. The van der Waals surface area contributed by atoms with E-state index in [2.05, 4.69) is 40.0 Å². The molecule has 6 nitrogen and oxygen atoms in total. The Morgan fingerprint density at radius 1 is 0.897 bits per heavy atom. The summed E-state index contributed by atoms with van der Waals surface area (Å²) in [6, 6.07) is 2.05. The highest BCUT2D eigenvalue weighted by atomic mass is 79.9. The predicted molar refractivity (Wildman–Crippen MR) is 164 cm³/mol. The Morgan fingerprint density at radius 3 is 2.03 bits per heavy atom. The molecule has 39 heavy (non-hydrogen) atoms. The number of nitrogens with zero attached hydrogens (tertiary/aromatic N) is 1. The van der Waals surface area contributed by atoms with Gasteiger partial charge >= 0.3 is 0 Å². The van der Waals surface area contributed by atoms with E-state index in [4.69, 9.17) is 9.47 Å². The third-order valence-corrected chi connectivity index (χ3v) is 8.66. The SMILES string of the molecule is CCCCCCCCCCCCCCCC(=O)c1c(Br)cc(OC)c(OC)c1C(=O)NC[C@@H]1CCCN1CC. The van der Waals surface area contributed by atoms with E-state index in [0.717, 1.165) is 45.2 Å². The van der Waals surface area contributed by atoms with Crippen molar-refractivity contribution in [1.82, 2.24) is 10.2 Å². The number of amides is 1. The fourth-order valence-electron chi connectivity index (χ4n) is 5.72. The highest BCUT2D eigenvalue weighted by Gasteiger charge is 2.29. The number of Topliss-reactive ketones (excluding diaryl/α,β-unsaturated/α-hetero) is 1. The summed E-state index contributed by atoms with van der Waals surface area (Å²) in [4.78, 5) is 29.3. The zero-order chi connectivity index (χ0) is 28.5. The van der Waals surface area contributed by atoms with E-state index in [1.165, 1.54) is 71.3 Å². The second kappa shape index (κ2) is 19.5. The predicted octanol–water partition coefficient (Wildman–Crippen LogP) is 8.34. The number of hydrogen-bond donors (Lipinski definition) is 1. The Kier molecular flexibility index (Phi) is 16.8. The number of ketones is 1. The zero-order valence-corrected chi connectivity index (χ0v) is 26.6. The van der Waals surface area contributed by atoms with Gasteiger partial charge in [0.2, 0.25) is 0 Å². The van der Waals surface area contributed by atoms with E-state index in [1.807, 2.05) is 0 Å². The standard InChI is InChI=1S/C32H53BrN2O4/c1-5-7-8-9-10-11-12-13-14-15-16-17-18-21-27(36)29-26(33)23-28(38-3)31(39-4)30(29)32(37)34-24-25-20-19-22-35(25)6-2/h23,25H,5-22,24H2,1-4H3,(H,34,37)/t25-/m0/s1. The molecule has 0 aromatic heterocycles. The minimum atomic E-state index is -0.289. The van der Waals surface area contributed by atoms with Crippen LogP contribution in [-0.4, -0.2) is 56.5 Å². The summed E-state index contributed by atoms with van der Waals surface area (Å²) in [5, 5.41) is 3.08. The van der Waals surface area contributed by atoms with Crippen LogP contribution < -0.4 is 14.8 Å². The van der Waals surface area contributed by atoms with Crippen LogP contribution >= 0.6 is 15.9 Å². The Balaban J connectivity index is 1.88. The van der Waals surface area contributed by atoms with E-state index in [0.29, 0.717) is 40.5 Å². The first kappa shape index (κ1) is 33.6. The third-order valence-electron chi connectivity index (χ3n) is 8.04. The summed E-state index contributed by atoms with van der Waals surface area (Å²) in [5.41, 5.74) is 0.660. The Hall–Kier alpha value is -1.60. The van der Waals surface area contributed by atoms with Crippen LogP contribution in [-0.2, 0) is 0 Å². The van der Waals surface area contributed by atoms with Crippen LogP contribution in [0.25, 0.3) is 0 Å². The van der Waals surface area contributed by atoms with Gasteiger partial charge in [0.15, 0.2) is 17.3 Å². The number of benzene rings is 1. The van der Waals surface area contributed by atoms with Crippen molar-refractivity contribution in [2.24, 2.45) is 0 Å². The maximum atomic E-state index is 13.5. The van der Waals surface area contributed by atoms with Crippen LogP contribution in [0.4, 0.5) is 0 Å². The van der Waals surface area contributed by atoms with E-state index in [9.17, 15) is 9.59 Å². The number of unbranched alkanes of at least 4 members (excludes halogenated alkanes) is 12. The summed E-state index contributed by atoms with van der Waals surface area (Å²) in [7, 11) is 3.05. The Labute approximate surface area is 246 Å². The van der Waals surface area contributed by atoms with Crippen molar-refractivity contribution >= 4 is 27.6 Å². The smallest absolute Gasteiger partial charge is 0.256 e. The van der Waals surface area contributed by atoms with E-state index in [1.54, 1.807) is 13.2 Å². The molecule has 7 heteroatoms. The molecule has 1 fully saturated rings. The molecule has 1 heterocycles. The number of likely N-dealkylation sites (N-methyl/N-ethyl adjacent to an activating group) is 1. The molecule has 0 aliphatic carbocycles. The Bertz CT molecular complexity index is 876. The minimum Gasteiger partial charge on any atom is -0.493 e. The number of ether oxygens (including phenoxy) is 2. The Morgan fingerprint density at radius 2 is 1.49 bits per heavy atom. The van der Waals surface area contributed by atoms with Crippen LogP contribution in [0.5, 0.6) is 11.5 Å². The van der Waals surface area contributed by atoms with Gasteiger partial charge in [-0.25, -0.2) is 0 Å². The number of rotatable bonds is 21. The van der Waals surface area contributed by atoms with Gasteiger partial charge in [-0.1, -0.05) is 90.9 Å². The van der Waals surface area contributed by atoms with E-state index >= 15 is 0 Å². The van der Waals surface area contributed by atoms with Gasteiger partial charge in [0.25, 0.3) is 5.91 Å². The molecule has 1 saturated heterocycles. The van der Waals surface area contributed by atoms with Crippen LogP contribution in [0, 0.1) is 0 Å². The molecule has 222 valence electrons. The summed E-state index contributed by atoms with van der Waals surface area (Å²) in [6.07, 6.45) is 19.0. The lowest BCUT2D eigenvalue weighted by Crippen LogP contribution is -2.40. The quantitative estimate of drug-likeness (QED) is 0.112. The molecule has 0 spiro atoms. The van der Waals surface area contributed by atoms with Crippen molar-refractivity contribution in [1.29, 1.82) is 0 Å². The van der Waals surface area contributed by atoms with E-state index < -0.39 is 0 Å². The fraction of sp³-hybridized carbons (Fsp3) is 0.750. The number of likely N-dealkylation sites (tertiary alicyclic amines) is 1. The minimum absolute atomic E-state index is 0.0351. The number of nitrogens with one attached hydrogen (secondary N) is 1. The maximum absolute atomic E-state index is 13.5. The highest BCUT2D eigenvalue weighted by molar-refractivity contribution is 9.10. The number of carbonyl (C=O) groups excluding carboxylic acids is 2. The molecular formula is C32H53BrN2O4. The molecule has 1 aliphatic rings. The largest absolute Gasteiger partial charge is 0.493 e. The molecule has 0 bridgehead atoms. The van der Waals surface area contributed by atoms with Gasteiger partial charge in [-0.15, -0.1) is 0 Å². The average Bonchev–Trinajstić information content (AvgIpc) is 3.41. The molecule has 1 aromatic rings. The molecule has 1 aromatic carbocycles. The van der Waals surface area contributed by atoms with Crippen molar-refractivity contribution in [3.05, 3.63) is 21.7 Å². The normalized spacial score (nSPS) is 15.5. The number of carbonyl (C=O) groups is 2. The number of halogens is 1. The van der Waals surface area contributed by atoms with Gasteiger partial charge in [0.1, 0.15) is 0 Å². The summed E-state index contributed by atoms with van der Waals surface area (Å²) >= 11 is 3.55. The third kappa shape index (κ3) is 11.1. The first-order valence-electron chi connectivity index (χ1n) is 15.5. The lowest BCUT2D eigenvalue weighted by Gasteiger charge is -2.24. The van der Waals surface area contributed by atoms with Crippen LogP contribution in [0.15, 0.2) is 10.5 Å². The van der Waals surface area contributed by atoms with Crippen molar-refractivity contribution < 1.29 is 19.1 Å². The van der Waals surface area contributed by atoms with Crippen molar-refractivity contribution in [2.45, 2.75) is 123 Å². The van der Waals surface area contributed by atoms with E-state index in [-0.39, 0.29) is 17.3 Å². The van der Waals surface area contributed by atoms with Crippen molar-refractivity contribution in [3.8, 4) is 11.5 Å². The maximum Gasteiger partial charge on any atom is 0.256 e. The van der Waals surface area contributed by atoms with Crippen LogP contribution in [0.3, 0.4) is 0 Å².